The molecule has 0 radical (unpaired) electrons. The van der Waals surface area contributed by atoms with Crippen molar-refractivity contribution in [3.05, 3.63) is 158 Å². The second-order valence-corrected chi connectivity index (χ2v) is 11.8. The van der Waals surface area contributed by atoms with Gasteiger partial charge in [0.25, 0.3) is 0 Å². The smallest absolute Gasteiger partial charge is 0.0548 e. The van der Waals surface area contributed by atoms with Crippen molar-refractivity contribution in [1.29, 1.82) is 0 Å². The minimum absolute atomic E-state index is 1.17. The Bertz CT molecular complexity index is 2670. The number of nitrogens with zero attached hydrogens (tertiary/aromatic N) is 2. The Hall–Kier alpha value is -5.86. The fraction of sp³-hybridized carbons (Fsp3) is 0. The second-order valence-electron chi connectivity index (χ2n) is 11.8. The van der Waals surface area contributed by atoms with E-state index in [0.29, 0.717) is 0 Å². The molecule has 204 valence electrons. The number of hydrogen-bond acceptors (Lipinski definition) is 0. The first-order valence-electron chi connectivity index (χ1n) is 15.2. The topological polar surface area (TPSA) is 9.86 Å². The highest BCUT2D eigenvalue weighted by Crippen LogP contribution is 2.40. The summed E-state index contributed by atoms with van der Waals surface area (Å²) in [5, 5.41) is 11.7. The molecule has 10 aromatic rings. The fourth-order valence-electron chi connectivity index (χ4n) is 7.47. The normalized spacial score (nSPS) is 12.1. The minimum Gasteiger partial charge on any atom is -0.317 e. The van der Waals surface area contributed by atoms with E-state index in [9.17, 15) is 0 Å². The summed E-state index contributed by atoms with van der Waals surface area (Å²) < 4.78 is 4.70. The van der Waals surface area contributed by atoms with E-state index in [4.69, 9.17) is 0 Å². The standard InChI is InChI=1S/C42H26N2/c1-2-9-32(10-3-1)43-24-23-31-25-40-37(26-39(31)43)35-11-4-5-12-38(35)44(40)33-19-15-27(16-20-33)34-21-17-30-14-13-28-7-6-8-29-18-22-36(34)42(30)41(28)29/h1-26H. The quantitative estimate of drug-likeness (QED) is 0.191. The summed E-state index contributed by atoms with van der Waals surface area (Å²) in [6.45, 7) is 0. The van der Waals surface area contributed by atoms with Crippen molar-refractivity contribution in [2.45, 2.75) is 0 Å². The fourth-order valence-corrected chi connectivity index (χ4v) is 7.47. The van der Waals surface area contributed by atoms with Gasteiger partial charge in [-0.2, -0.15) is 0 Å². The number of rotatable bonds is 3. The molecule has 0 amide bonds. The summed E-state index contributed by atoms with van der Waals surface area (Å²) in [6.07, 6.45) is 2.18. The van der Waals surface area contributed by atoms with E-state index >= 15 is 0 Å². The maximum Gasteiger partial charge on any atom is 0.0548 e. The maximum absolute atomic E-state index is 2.41. The highest BCUT2D eigenvalue weighted by molar-refractivity contribution is 6.25. The summed E-state index contributed by atoms with van der Waals surface area (Å²) in [5.41, 5.74) is 8.50. The molecule has 0 saturated heterocycles. The minimum atomic E-state index is 1.17. The second kappa shape index (κ2) is 8.82. The van der Waals surface area contributed by atoms with Crippen molar-refractivity contribution in [1.82, 2.24) is 9.13 Å². The van der Waals surface area contributed by atoms with Crippen molar-refractivity contribution in [3.63, 3.8) is 0 Å². The van der Waals surface area contributed by atoms with Crippen LogP contribution in [0.2, 0.25) is 0 Å². The van der Waals surface area contributed by atoms with Crippen LogP contribution in [0.5, 0.6) is 0 Å². The molecular formula is C42H26N2. The molecule has 0 aliphatic heterocycles. The molecule has 44 heavy (non-hydrogen) atoms. The van der Waals surface area contributed by atoms with Crippen LogP contribution in [0.3, 0.4) is 0 Å². The van der Waals surface area contributed by atoms with Gasteiger partial charge in [-0.1, -0.05) is 103 Å². The lowest BCUT2D eigenvalue weighted by Crippen LogP contribution is -1.94. The largest absolute Gasteiger partial charge is 0.317 e. The predicted octanol–water partition coefficient (Wildman–Crippen LogP) is 11.3. The number of aromatic nitrogens is 2. The van der Waals surface area contributed by atoms with Crippen molar-refractivity contribution in [2.24, 2.45) is 0 Å². The summed E-state index contributed by atoms with van der Waals surface area (Å²) >= 11 is 0. The lowest BCUT2D eigenvalue weighted by molar-refractivity contribution is 1.13. The van der Waals surface area contributed by atoms with E-state index in [1.165, 1.54) is 87.5 Å². The van der Waals surface area contributed by atoms with Gasteiger partial charge < -0.3 is 9.13 Å². The molecule has 0 aliphatic carbocycles. The van der Waals surface area contributed by atoms with Crippen LogP contribution < -0.4 is 0 Å². The average Bonchev–Trinajstić information content (AvgIpc) is 3.65. The van der Waals surface area contributed by atoms with E-state index in [1.807, 2.05) is 0 Å². The summed E-state index contributed by atoms with van der Waals surface area (Å²) in [4.78, 5) is 0. The van der Waals surface area contributed by atoms with Crippen LogP contribution in [-0.4, -0.2) is 9.13 Å². The van der Waals surface area contributed by atoms with E-state index < -0.39 is 0 Å². The summed E-state index contributed by atoms with van der Waals surface area (Å²) in [7, 11) is 0. The lowest BCUT2D eigenvalue weighted by atomic mass is 9.90. The summed E-state index contributed by atoms with van der Waals surface area (Å²) in [5.74, 6) is 0. The molecule has 2 heterocycles. The zero-order chi connectivity index (χ0) is 28.8. The Kier molecular flexibility index (Phi) is 4.75. The average molecular weight is 559 g/mol. The molecule has 0 aliphatic rings. The van der Waals surface area contributed by atoms with Gasteiger partial charge in [-0.15, -0.1) is 0 Å². The molecule has 0 saturated carbocycles. The van der Waals surface area contributed by atoms with E-state index in [-0.39, 0.29) is 0 Å². The third kappa shape index (κ3) is 3.25. The maximum atomic E-state index is 2.41. The highest BCUT2D eigenvalue weighted by Gasteiger charge is 2.16. The number of benzene rings is 8. The molecule has 2 heteroatoms. The molecule has 0 atom stereocenters. The van der Waals surface area contributed by atoms with Gasteiger partial charge >= 0.3 is 0 Å². The van der Waals surface area contributed by atoms with Crippen molar-refractivity contribution < 1.29 is 0 Å². The Morgan fingerprint density at radius 2 is 1.09 bits per heavy atom. The van der Waals surface area contributed by atoms with Crippen LogP contribution in [-0.2, 0) is 0 Å². The Labute approximate surface area is 254 Å². The van der Waals surface area contributed by atoms with E-state index in [1.54, 1.807) is 0 Å². The van der Waals surface area contributed by atoms with Gasteiger partial charge in [0.2, 0.25) is 0 Å². The van der Waals surface area contributed by atoms with Gasteiger partial charge in [0, 0.05) is 33.7 Å². The molecule has 2 aromatic heterocycles. The van der Waals surface area contributed by atoms with Gasteiger partial charge in [-0.25, -0.2) is 0 Å². The van der Waals surface area contributed by atoms with Crippen molar-refractivity contribution in [3.8, 4) is 22.5 Å². The molecule has 0 bridgehead atoms. The Balaban J connectivity index is 1.16. The molecular weight excluding hydrogens is 532 g/mol. The lowest BCUT2D eigenvalue weighted by Gasteiger charge is -2.15. The molecule has 0 unspecified atom stereocenters. The SMILES string of the molecule is c1ccc(-n2ccc3cc4c(cc32)c2ccccc2n4-c2ccc(-c3ccc4ccc5cccc6ccc3c4c56)cc2)cc1. The predicted molar refractivity (Wildman–Crippen MR) is 187 cm³/mol. The summed E-state index contributed by atoms with van der Waals surface area (Å²) in [6, 6.07) is 55.6. The Morgan fingerprint density at radius 3 is 1.93 bits per heavy atom. The van der Waals surface area contributed by atoms with Gasteiger partial charge in [0.05, 0.1) is 16.6 Å². The van der Waals surface area contributed by atoms with Gasteiger partial charge in [-0.3, -0.25) is 0 Å². The molecule has 2 nitrogen and oxygen atoms in total. The number of para-hydroxylation sites is 2. The van der Waals surface area contributed by atoms with Crippen LogP contribution in [0, 0.1) is 0 Å². The van der Waals surface area contributed by atoms with Crippen molar-refractivity contribution >= 4 is 65.0 Å². The molecule has 0 spiro atoms. The molecule has 0 fully saturated rings. The Morgan fingerprint density at radius 1 is 0.364 bits per heavy atom. The van der Waals surface area contributed by atoms with Crippen molar-refractivity contribution in [2.75, 3.05) is 0 Å². The molecule has 8 aromatic carbocycles. The van der Waals surface area contributed by atoms with Crippen LogP contribution in [0.15, 0.2) is 158 Å². The monoisotopic (exact) mass is 558 g/mol. The van der Waals surface area contributed by atoms with Gasteiger partial charge in [0.15, 0.2) is 0 Å². The van der Waals surface area contributed by atoms with Crippen LogP contribution >= 0.6 is 0 Å². The zero-order valence-corrected chi connectivity index (χ0v) is 23.9. The van der Waals surface area contributed by atoms with Crippen LogP contribution in [0.1, 0.15) is 0 Å². The van der Waals surface area contributed by atoms with Gasteiger partial charge in [-0.05, 0) is 92.0 Å². The molecule has 10 rings (SSSR count). The zero-order valence-electron chi connectivity index (χ0n) is 23.9. The van der Waals surface area contributed by atoms with E-state index in [2.05, 4.69) is 167 Å². The first kappa shape index (κ1) is 23.7. The first-order chi connectivity index (χ1) is 21.8. The third-order valence-corrected chi connectivity index (χ3v) is 9.48. The van der Waals surface area contributed by atoms with Gasteiger partial charge in [0.1, 0.15) is 0 Å². The molecule has 0 N–H and O–H groups in total. The highest BCUT2D eigenvalue weighted by atomic mass is 15.0. The third-order valence-electron chi connectivity index (χ3n) is 9.48. The number of fused-ring (bicyclic) bond motifs is 4. The first-order valence-corrected chi connectivity index (χ1v) is 15.2. The van der Waals surface area contributed by atoms with Crippen LogP contribution in [0.25, 0.3) is 87.5 Å². The number of hydrogen-bond donors (Lipinski definition) is 0. The van der Waals surface area contributed by atoms with Crippen LogP contribution in [0.4, 0.5) is 0 Å². The van der Waals surface area contributed by atoms with E-state index in [0.717, 1.165) is 0 Å².